The summed E-state index contributed by atoms with van der Waals surface area (Å²) >= 11 is 1.11. The van der Waals surface area contributed by atoms with Crippen molar-refractivity contribution in [2.75, 3.05) is 10.0 Å². The Morgan fingerprint density at radius 3 is 2.50 bits per heavy atom. The average Bonchev–Trinajstić information content (AvgIpc) is 3.41. The lowest BCUT2D eigenvalue weighted by Crippen LogP contribution is -2.13. The first-order chi connectivity index (χ1) is 14.4. The number of anilines is 2. The highest BCUT2D eigenvalue weighted by Crippen LogP contribution is 2.22. The van der Waals surface area contributed by atoms with Crippen LogP contribution in [0.3, 0.4) is 0 Å². The van der Waals surface area contributed by atoms with E-state index in [0.29, 0.717) is 22.5 Å². The zero-order chi connectivity index (χ0) is 21.1. The Bertz CT molecular complexity index is 1340. The Morgan fingerprint density at radius 1 is 1.03 bits per heavy atom. The van der Waals surface area contributed by atoms with Crippen LogP contribution >= 0.6 is 11.3 Å². The van der Waals surface area contributed by atoms with E-state index in [1.807, 2.05) is 0 Å². The SMILES string of the molecule is O=C(Nc1cccc(-c2noc(=O)[nH]2)c1)c1ccc(NS(=O)(=O)c2cccs2)cc1. The second-order valence-corrected chi connectivity index (χ2v) is 8.95. The average molecular weight is 442 g/mol. The van der Waals surface area contributed by atoms with Crippen LogP contribution in [0.2, 0.25) is 0 Å². The van der Waals surface area contributed by atoms with Crippen LogP contribution in [0, 0.1) is 0 Å². The van der Waals surface area contributed by atoms with E-state index < -0.39 is 15.8 Å². The van der Waals surface area contributed by atoms with E-state index in [9.17, 15) is 18.0 Å². The molecular weight excluding hydrogens is 428 g/mol. The van der Waals surface area contributed by atoms with Gasteiger partial charge in [0.1, 0.15) is 4.21 Å². The molecule has 0 saturated carbocycles. The molecule has 0 saturated heterocycles. The second-order valence-electron chi connectivity index (χ2n) is 6.09. The topological polar surface area (TPSA) is 134 Å². The maximum Gasteiger partial charge on any atom is 0.439 e. The van der Waals surface area contributed by atoms with Crippen LogP contribution in [-0.2, 0) is 10.0 Å². The number of hydrogen-bond acceptors (Lipinski definition) is 7. The summed E-state index contributed by atoms with van der Waals surface area (Å²) in [6.07, 6.45) is 0. The summed E-state index contributed by atoms with van der Waals surface area (Å²) in [5.74, 6) is -0.804. The van der Waals surface area contributed by atoms with Gasteiger partial charge in [-0.05, 0) is 47.8 Å². The van der Waals surface area contributed by atoms with Gasteiger partial charge in [-0.3, -0.25) is 19.0 Å². The smallest absolute Gasteiger partial charge is 0.322 e. The standard InChI is InChI=1S/C19H14N4O5S2/c24-18(20-15-4-1-3-13(11-15)17-21-19(25)28-22-17)12-6-8-14(9-7-12)23-30(26,27)16-5-2-10-29-16/h1-11,23H,(H,20,24)(H,21,22,25). The van der Waals surface area contributed by atoms with E-state index in [1.54, 1.807) is 35.7 Å². The minimum atomic E-state index is -3.65. The zero-order valence-electron chi connectivity index (χ0n) is 15.2. The minimum Gasteiger partial charge on any atom is -0.322 e. The van der Waals surface area contributed by atoms with Crippen LogP contribution in [-0.4, -0.2) is 24.5 Å². The van der Waals surface area contributed by atoms with Gasteiger partial charge in [-0.2, -0.15) is 0 Å². The molecule has 152 valence electrons. The Labute approximate surface area is 174 Å². The molecule has 1 amide bonds. The number of benzene rings is 2. The number of H-pyrrole nitrogens is 1. The number of carbonyl (C=O) groups excluding carboxylic acids is 1. The van der Waals surface area contributed by atoms with Gasteiger partial charge in [0.25, 0.3) is 15.9 Å². The maximum atomic E-state index is 12.5. The number of carbonyl (C=O) groups is 1. The molecule has 11 heteroatoms. The highest BCUT2D eigenvalue weighted by Gasteiger charge is 2.15. The van der Waals surface area contributed by atoms with Crippen LogP contribution in [0.15, 0.2) is 79.6 Å². The van der Waals surface area contributed by atoms with Crippen LogP contribution in [0.5, 0.6) is 0 Å². The van der Waals surface area contributed by atoms with Crippen molar-refractivity contribution in [3.8, 4) is 11.4 Å². The lowest BCUT2D eigenvalue weighted by molar-refractivity contribution is 0.102. The number of aromatic amines is 1. The third kappa shape index (κ3) is 4.31. The van der Waals surface area contributed by atoms with E-state index in [4.69, 9.17) is 0 Å². The number of sulfonamides is 1. The molecule has 2 aromatic heterocycles. The van der Waals surface area contributed by atoms with Crippen molar-refractivity contribution in [1.82, 2.24) is 10.1 Å². The number of aromatic nitrogens is 2. The molecule has 4 rings (SSSR count). The number of rotatable bonds is 6. The first kappa shape index (κ1) is 19.6. The molecule has 2 heterocycles. The predicted octanol–water partition coefficient (Wildman–Crippen LogP) is 3.14. The van der Waals surface area contributed by atoms with Crippen molar-refractivity contribution in [1.29, 1.82) is 0 Å². The molecular formula is C19H14N4O5S2. The summed E-state index contributed by atoms with van der Waals surface area (Å²) in [5, 5.41) is 8.03. The molecule has 0 radical (unpaired) electrons. The first-order valence-electron chi connectivity index (χ1n) is 8.55. The molecule has 0 fully saturated rings. The van der Waals surface area contributed by atoms with Gasteiger partial charge in [-0.15, -0.1) is 11.3 Å². The third-order valence-corrected chi connectivity index (χ3v) is 6.77. The van der Waals surface area contributed by atoms with Gasteiger partial charge in [0.05, 0.1) is 0 Å². The Balaban J connectivity index is 1.46. The fraction of sp³-hybridized carbons (Fsp3) is 0. The summed E-state index contributed by atoms with van der Waals surface area (Å²) in [5.41, 5.74) is 1.74. The van der Waals surface area contributed by atoms with Crippen molar-refractivity contribution in [2.24, 2.45) is 0 Å². The maximum absolute atomic E-state index is 12.5. The number of nitrogens with one attached hydrogen (secondary N) is 3. The van der Waals surface area contributed by atoms with Gasteiger partial charge < -0.3 is 5.32 Å². The van der Waals surface area contributed by atoms with Gasteiger partial charge in [-0.1, -0.05) is 23.4 Å². The van der Waals surface area contributed by atoms with Crippen LogP contribution in [0.1, 0.15) is 10.4 Å². The fourth-order valence-electron chi connectivity index (χ4n) is 2.61. The number of hydrogen-bond donors (Lipinski definition) is 3. The minimum absolute atomic E-state index is 0.206. The Hall–Kier alpha value is -3.70. The van der Waals surface area contributed by atoms with Crippen LogP contribution in [0.4, 0.5) is 11.4 Å². The molecule has 0 spiro atoms. The van der Waals surface area contributed by atoms with Crippen molar-refractivity contribution < 1.29 is 17.7 Å². The molecule has 0 unspecified atom stereocenters. The normalized spacial score (nSPS) is 11.2. The molecule has 0 bridgehead atoms. The number of nitrogens with zero attached hydrogens (tertiary/aromatic N) is 1. The molecule has 0 atom stereocenters. The molecule has 30 heavy (non-hydrogen) atoms. The highest BCUT2D eigenvalue weighted by atomic mass is 32.2. The molecule has 9 nitrogen and oxygen atoms in total. The van der Waals surface area contributed by atoms with E-state index >= 15 is 0 Å². The molecule has 0 aliphatic rings. The Morgan fingerprint density at radius 2 is 1.83 bits per heavy atom. The van der Waals surface area contributed by atoms with Crippen LogP contribution < -0.4 is 15.8 Å². The summed E-state index contributed by atoms with van der Waals surface area (Å²) in [7, 11) is -3.65. The van der Waals surface area contributed by atoms with Gasteiger partial charge >= 0.3 is 5.76 Å². The summed E-state index contributed by atoms with van der Waals surface area (Å²) in [6.45, 7) is 0. The summed E-state index contributed by atoms with van der Waals surface area (Å²) in [6, 6.07) is 15.9. The van der Waals surface area contributed by atoms with Crippen molar-refractivity contribution in [2.45, 2.75) is 4.21 Å². The largest absolute Gasteiger partial charge is 0.439 e. The molecule has 3 N–H and O–H groups in total. The molecule has 2 aromatic carbocycles. The lowest BCUT2D eigenvalue weighted by Gasteiger charge is -2.09. The van der Waals surface area contributed by atoms with Crippen molar-refractivity contribution in [3.63, 3.8) is 0 Å². The van der Waals surface area contributed by atoms with E-state index in [-0.39, 0.29) is 15.9 Å². The van der Waals surface area contributed by atoms with Gasteiger partial charge in [0.2, 0.25) is 0 Å². The van der Waals surface area contributed by atoms with Gasteiger partial charge in [-0.25, -0.2) is 13.2 Å². The molecule has 0 aliphatic carbocycles. The van der Waals surface area contributed by atoms with E-state index in [0.717, 1.165) is 11.3 Å². The Kier molecular flexibility index (Phi) is 5.21. The number of thiophene rings is 1. The predicted molar refractivity (Wildman–Crippen MR) is 112 cm³/mol. The number of amides is 1. The van der Waals surface area contributed by atoms with E-state index in [2.05, 4.69) is 24.7 Å². The molecule has 0 aliphatic heterocycles. The van der Waals surface area contributed by atoms with Crippen molar-refractivity contribution >= 4 is 38.6 Å². The summed E-state index contributed by atoms with van der Waals surface area (Å²) in [4.78, 5) is 26.0. The quantitative estimate of drug-likeness (QED) is 0.420. The fourth-order valence-corrected chi connectivity index (χ4v) is 4.66. The second kappa shape index (κ2) is 7.97. The monoisotopic (exact) mass is 442 g/mol. The highest BCUT2D eigenvalue weighted by molar-refractivity contribution is 7.94. The third-order valence-electron chi connectivity index (χ3n) is 3.99. The van der Waals surface area contributed by atoms with E-state index in [1.165, 1.54) is 30.3 Å². The van der Waals surface area contributed by atoms with Gasteiger partial charge in [0, 0.05) is 22.5 Å². The van der Waals surface area contributed by atoms with Gasteiger partial charge in [0.15, 0.2) is 5.82 Å². The molecule has 4 aromatic rings. The zero-order valence-corrected chi connectivity index (χ0v) is 16.8. The first-order valence-corrected chi connectivity index (χ1v) is 10.9. The van der Waals surface area contributed by atoms with Crippen molar-refractivity contribution in [3.05, 3.63) is 82.2 Å². The summed E-state index contributed by atoms with van der Waals surface area (Å²) < 4.78 is 31.7. The lowest BCUT2D eigenvalue weighted by atomic mass is 10.1. The van der Waals surface area contributed by atoms with Crippen LogP contribution in [0.25, 0.3) is 11.4 Å².